The van der Waals surface area contributed by atoms with Crippen LogP contribution in [0.1, 0.15) is 12.5 Å². The van der Waals surface area contributed by atoms with Crippen LogP contribution in [-0.4, -0.2) is 28.3 Å². The Kier molecular flexibility index (Phi) is 8.61. The SMILES string of the molecule is CC(Cc1cccc(NC(=N)N)c1)C(=O)Oc1ccc(Cl)cc1.O=C(O)O. The van der Waals surface area contributed by atoms with Gasteiger partial charge in [0.15, 0.2) is 5.96 Å². The maximum absolute atomic E-state index is 12.1. The summed E-state index contributed by atoms with van der Waals surface area (Å²) in [5.74, 6) is -0.272. The minimum absolute atomic E-state index is 0.127. The molecule has 2 rings (SSSR count). The average Bonchev–Trinajstić information content (AvgIpc) is 2.56. The molecule has 8 nitrogen and oxygen atoms in total. The molecule has 0 saturated carbocycles. The molecule has 0 saturated heterocycles. The number of nitrogens with two attached hydrogens (primary N) is 1. The molecule has 0 heterocycles. The van der Waals surface area contributed by atoms with Crippen molar-refractivity contribution < 1.29 is 24.5 Å². The van der Waals surface area contributed by atoms with E-state index in [4.69, 9.17) is 42.5 Å². The number of carbonyl (C=O) groups excluding carboxylic acids is 1. The number of carbonyl (C=O) groups is 2. The standard InChI is InChI=1S/C17H18ClN3O2.CH2O3/c1-11(16(22)23-15-7-5-13(18)6-8-15)9-12-3-2-4-14(10-12)21-17(19)20;2-1(3)4/h2-8,10-11H,9H2,1H3,(H4,19,20,21);(H2,2,3,4). The quantitative estimate of drug-likeness (QED) is 0.225. The van der Waals surface area contributed by atoms with Crippen molar-refractivity contribution in [2.24, 2.45) is 11.7 Å². The van der Waals surface area contributed by atoms with Gasteiger partial charge in [-0.3, -0.25) is 10.2 Å². The van der Waals surface area contributed by atoms with Gasteiger partial charge in [0.1, 0.15) is 5.75 Å². The first-order valence-electron chi connectivity index (χ1n) is 7.76. The van der Waals surface area contributed by atoms with Gasteiger partial charge >= 0.3 is 12.1 Å². The zero-order chi connectivity index (χ0) is 20.4. The predicted molar refractivity (Wildman–Crippen MR) is 103 cm³/mol. The highest BCUT2D eigenvalue weighted by atomic mass is 35.5. The Hall–Kier alpha value is -3.26. The van der Waals surface area contributed by atoms with Crippen molar-refractivity contribution in [3.63, 3.8) is 0 Å². The summed E-state index contributed by atoms with van der Waals surface area (Å²) < 4.78 is 5.33. The van der Waals surface area contributed by atoms with Crippen LogP contribution in [0.25, 0.3) is 0 Å². The summed E-state index contributed by atoms with van der Waals surface area (Å²) in [4.78, 5) is 20.7. The van der Waals surface area contributed by atoms with Crippen LogP contribution in [0, 0.1) is 11.3 Å². The monoisotopic (exact) mass is 393 g/mol. The fourth-order valence-electron chi connectivity index (χ4n) is 2.09. The van der Waals surface area contributed by atoms with Crippen LogP contribution in [-0.2, 0) is 11.2 Å². The van der Waals surface area contributed by atoms with Crippen molar-refractivity contribution in [2.45, 2.75) is 13.3 Å². The zero-order valence-electron chi connectivity index (χ0n) is 14.5. The van der Waals surface area contributed by atoms with E-state index in [9.17, 15) is 4.79 Å². The highest BCUT2D eigenvalue weighted by Gasteiger charge is 2.16. The van der Waals surface area contributed by atoms with E-state index in [0.29, 0.717) is 22.9 Å². The molecular weight excluding hydrogens is 374 g/mol. The highest BCUT2D eigenvalue weighted by molar-refractivity contribution is 6.30. The molecule has 0 radical (unpaired) electrons. The molecule has 0 spiro atoms. The van der Waals surface area contributed by atoms with Crippen LogP contribution >= 0.6 is 11.6 Å². The van der Waals surface area contributed by atoms with Gasteiger partial charge < -0.3 is 26.0 Å². The third kappa shape index (κ3) is 9.13. The molecular formula is C18H20ClN3O5. The molecule has 0 amide bonds. The van der Waals surface area contributed by atoms with Crippen LogP contribution in [0.5, 0.6) is 5.75 Å². The fourth-order valence-corrected chi connectivity index (χ4v) is 2.21. The molecule has 1 atom stereocenters. The van der Waals surface area contributed by atoms with Gasteiger partial charge in [-0.1, -0.05) is 30.7 Å². The third-order valence-corrected chi connectivity index (χ3v) is 3.43. The van der Waals surface area contributed by atoms with Crippen LogP contribution in [0.2, 0.25) is 5.02 Å². The topological polar surface area (TPSA) is 146 Å². The molecule has 2 aromatic rings. The minimum Gasteiger partial charge on any atom is -0.450 e. The van der Waals surface area contributed by atoms with Gasteiger partial charge in [0.2, 0.25) is 0 Å². The average molecular weight is 394 g/mol. The lowest BCUT2D eigenvalue weighted by molar-refractivity contribution is -0.138. The van der Waals surface area contributed by atoms with E-state index in [0.717, 1.165) is 5.56 Å². The molecule has 0 aromatic heterocycles. The van der Waals surface area contributed by atoms with Crippen LogP contribution < -0.4 is 15.8 Å². The van der Waals surface area contributed by atoms with Gasteiger partial charge in [-0.2, -0.15) is 0 Å². The Balaban J connectivity index is 0.000000828. The summed E-state index contributed by atoms with van der Waals surface area (Å²) in [6.07, 6.45) is -1.31. The van der Waals surface area contributed by atoms with Gasteiger partial charge in [-0.15, -0.1) is 0 Å². The normalized spacial score (nSPS) is 10.7. The molecule has 2 aromatic carbocycles. The molecule has 9 heteroatoms. The van der Waals surface area contributed by atoms with Crippen LogP contribution in [0.15, 0.2) is 48.5 Å². The molecule has 0 bridgehead atoms. The fraction of sp³-hybridized carbons (Fsp3) is 0.167. The number of halogens is 1. The van der Waals surface area contributed by atoms with Crippen molar-refractivity contribution >= 4 is 35.4 Å². The zero-order valence-corrected chi connectivity index (χ0v) is 15.2. The number of hydrogen-bond donors (Lipinski definition) is 5. The molecule has 0 fully saturated rings. The molecule has 0 aliphatic carbocycles. The second kappa shape index (κ2) is 10.7. The Morgan fingerprint density at radius 3 is 2.37 bits per heavy atom. The predicted octanol–water partition coefficient (Wildman–Crippen LogP) is 3.65. The van der Waals surface area contributed by atoms with Crippen molar-refractivity contribution in [2.75, 3.05) is 5.32 Å². The van der Waals surface area contributed by atoms with Crippen LogP contribution in [0.3, 0.4) is 0 Å². The Morgan fingerprint density at radius 2 is 1.81 bits per heavy atom. The van der Waals surface area contributed by atoms with Crippen molar-refractivity contribution in [3.8, 4) is 5.75 Å². The number of ether oxygens (including phenoxy) is 1. The Morgan fingerprint density at radius 1 is 1.22 bits per heavy atom. The molecule has 0 aliphatic rings. The number of benzene rings is 2. The number of rotatable bonds is 5. The number of nitrogens with one attached hydrogen (secondary N) is 2. The van der Waals surface area contributed by atoms with E-state index in [1.807, 2.05) is 31.2 Å². The maximum atomic E-state index is 12.1. The van der Waals surface area contributed by atoms with E-state index in [2.05, 4.69) is 5.32 Å². The van der Waals surface area contributed by atoms with E-state index in [1.165, 1.54) is 0 Å². The second-order valence-electron chi connectivity index (χ2n) is 5.50. The number of esters is 1. The summed E-state index contributed by atoms with van der Waals surface area (Å²) in [6.45, 7) is 1.81. The van der Waals surface area contributed by atoms with Crippen molar-refractivity contribution in [3.05, 3.63) is 59.1 Å². The lowest BCUT2D eigenvalue weighted by atomic mass is 10.0. The van der Waals surface area contributed by atoms with Crippen LogP contribution in [0.4, 0.5) is 10.5 Å². The number of guanidine groups is 1. The van der Waals surface area contributed by atoms with E-state index >= 15 is 0 Å². The van der Waals surface area contributed by atoms with Gasteiger partial charge in [-0.25, -0.2) is 4.79 Å². The molecule has 144 valence electrons. The van der Waals surface area contributed by atoms with Gasteiger partial charge in [0.25, 0.3) is 0 Å². The first-order valence-corrected chi connectivity index (χ1v) is 8.14. The smallest absolute Gasteiger partial charge is 0.450 e. The molecule has 0 aliphatic heterocycles. The number of anilines is 1. The molecule has 27 heavy (non-hydrogen) atoms. The lowest BCUT2D eigenvalue weighted by Crippen LogP contribution is -2.21. The summed E-state index contributed by atoms with van der Waals surface area (Å²) >= 11 is 5.80. The maximum Gasteiger partial charge on any atom is 0.503 e. The van der Waals surface area contributed by atoms with Gasteiger partial charge in [-0.05, 0) is 48.4 Å². The Labute approximate surface area is 161 Å². The van der Waals surface area contributed by atoms with E-state index in [-0.39, 0.29) is 17.8 Å². The van der Waals surface area contributed by atoms with Crippen molar-refractivity contribution in [1.82, 2.24) is 0 Å². The third-order valence-electron chi connectivity index (χ3n) is 3.18. The summed E-state index contributed by atoms with van der Waals surface area (Å²) in [7, 11) is 0. The Bertz CT molecular complexity index is 792. The lowest BCUT2D eigenvalue weighted by Gasteiger charge is -2.12. The first kappa shape index (κ1) is 21.8. The summed E-state index contributed by atoms with van der Waals surface area (Å²) in [5, 5.41) is 24.5. The van der Waals surface area contributed by atoms with Gasteiger partial charge in [0, 0.05) is 10.7 Å². The number of hydrogen-bond acceptors (Lipinski definition) is 4. The van der Waals surface area contributed by atoms with E-state index < -0.39 is 6.16 Å². The molecule has 1 unspecified atom stereocenters. The largest absolute Gasteiger partial charge is 0.503 e. The second-order valence-corrected chi connectivity index (χ2v) is 5.94. The van der Waals surface area contributed by atoms with Gasteiger partial charge in [0.05, 0.1) is 5.92 Å². The van der Waals surface area contributed by atoms with Crippen molar-refractivity contribution in [1.29, 1.82) is 5.41 Å². The molecule has 6 N–H and O–H groups in total. The summed E-state index contributed by atoms with van der Waals surface area (Å²) in [5.41, 5.74) is 6.98. The van der Waals surface area contributed by atoms with E-state index in [1.54, 1.807) is 24.3 Å². The minimum atomic E-state index is -1.83. The summed E-state index contributed by atoms with van der Waals surface area (Å²) in [6, 6.07) is 14.1. The highest BCUT2D eigenvalue weighted by Crippen LogP contribution is 2.19. The first-order chi connectivity index (χ1) is 12.7. The number of carboxylic acid groups (broad SMARTS) is 2.